The zero-order chi connectivity index (χ0) is 16.6. The lowest BCUT2D eigenvalue weighted by Gasteiger charge is -2.35. The highest BCUT2D eigenvalue weighted by Crippen LogP contribution is 2.33. The van der Waals surface area contributed by atoms with E-state index < -0.39 is 25.4 Å². The molecule has 0 aliphatic carbocycles. The molecular formula is C15H23NO4S2. The number of aryl methyl sites for hydroxylation is 1. The van der Waals surface area contributed by atoms with Crippen molar-refractivity contribution in [3.63, 3.8) is 0 Å². The molecule has 1 aliphatic rings. The van der Waals surface area contributed by atoms with E-state index in [1.165, 1.54) is 4.31 Å². The third-order valence-corrected chi connectivity index (χ3v) is 8.33. The quantitative estimate of drug-likeness (QED) is 0.816. The van der Waals surface area contributed by atoms with Crippen LogP contribution < -0.4 is 0 Å². The van der Waals surface area contributed by atoms with Crippen molar-refractivity contribution < 1.29 is 16.8 Å². The van der Waals surface area contributed by atoms with E-state index in [4.69, 9.17) is 0 Å². The molecular weight excluding hydrogens is 322 g/mol. The van der Waals surface area contributed by atoms with Crippen LogP contribution in [-0.2, 0) is 26.3 Å². The van der Waals surface area contributed by atoms with E-state index in [0.717, 1.165) is 12.0 Å². The molecule has 0 saturated carbocycles. The average molecular weight is 345 g/mol. The van der Waals surface area contributed by atoms with Gasteiger partial charge in [0.1, 0.15) is 0 Å². The summed E-state index contributed by atoms with van der Waals surface area (Å²) in [5.74, 6) is -0.0651. The van der Waals surface area contributed by atoms with Crippen molar-refractivity contribution >= 4 is 19.9 Å². The highest BCUT2D eigenvalue weighted by molar-refractivity contribution is 7.92. The number of rotatable bonds is 5. The van der Waals surface area contributed by atoms with Gasteiger partial charge in [0.2, 0.25) is 10.0 Å². The van der Waals surface area contributed by atoms with Gasteiger partial charge >= 0.3 is 0 Å². The van der Waals surface area contributed by atoms with E-state index in [1.54, 1.807) is 38.1 Å². The third-order valence-electron chi connectivity index (χ3n) is 4.29. The van der Waals surface area contributed by atoms with Crippen LogP contribution in [0, 0.1) is 0 Å². The Bertz CT molecular complexity index is 738. The van der Waals surface area contributed by atoms with E-state index >= 15 is 0 Å². The summed E-state index contributed by atoms with van der Waals surface area (Å²) < 4.78 is 50.7. The minimum atomic E-state index is -3.70. The minimum absolute atomic E-state index is 0.0459. The lowest BCUT2D eigenvalue weighted by atomic mass is 10.0. The molecule has 1 heterocycles. The van der Waals surface area contributed by atoms with Gasteiger partial charge in [-0.3, -0.25) is 0 Å². The van der Waals surface area contributed by atoms with Gasteiger partial charge in [-0.25, -0.2) is 16.8 Å². The van der Waals surface area contributed by atoms with Gasteiger partial charge in [0, 0.05) is 12.1 Å². The molecule has 1 saturated heterocycles. The Balaban J connectivity index is 2.41. The number of hydrogen-bond acceptors (Lipinski definition) is 4. The first-order valence-electron chi connectivity index (χ1n) is 7.47. The van der Waals surface area contributed by atoms with Gasteiger partial charge in [-0.2, -0.15) is 4.31 Å². The second kappa shape index (κ2) is 5.94. The fourth-order valence-corrected chi connectivity index (χ4v) is 7.09. The molecule has 0 spiro atoms. The topological polar surface area (TPSA) is 71.5 Å². The number of sulfone groups is 1. The lowest BCUT2D eigenvalue weighted by Crippen LogP contribution is -2.50. The van der Waals surface area contributed by atoms with Crippen molar-refractivity contribution in [2.75, 3.05) is 18.1 Å². The fraction of sp³-hybridized carbons (Fsp3) is 0.600. The smallest absolute Gasteiger partial charge is 0.229 e. The molecule has 5 nitrogen and oxygen atoms in total. The van der Waals surface area contributed by atoms with Crippen molar-refractivity contribution in [2.24, 2.45) is 0 Å². The van der Waals surface area contributed by atoms with Crippen molar-refractivity contribution in [1.29, 1.82) is 0 Å². The largest absolute Gasteiger partial charge is 0.243 e. The van der Waals surface area contributed by atoms with E-state index in [0.29, 0.717) is 6.42 Å². The Morgan fingerprint density at radius 3 is 2.18 bits per heavy atom. The standard InChI is InChI=1S/C15H23NO4S2/c1-4-13-6-8-14(9-7-13)22(19,20)16(5-2)15(3)10-11-21(17,18)12-15/h6-9H,4-5,10-12H2,1-3H3/t15-/m0/s1. The lowest BCUT2D eigenvalue weighted by molar-refractivity contribution is 0.243. The first-order valence-corrected chi connectivity index (χ1v) is 10.7. The maximum Gasteiger partial charge on any atom is 0.243 e. The molecule has 22 heavy (non-hydrogen) atoms. The second-order valence-corrected chi connectivity index (χ2v) is 10.1. The maximum absolute atomic E-state index is 12.9. The van der Waals surface area contributed by atoms with Gasteiger partial charge in [0.25, 0.3) is 0 Å². The van der Waals surface area contributed by atoms with Crippen LogP contribution in [0.2, 0.25) is 0 Å². The summed E-state index contributed by atoms with van der Waals surface area (Å²) in [6.07, 6.45) is 1.18. The van der Waals surface area contributed by atoms with Gasteiger partial charge in [-0.1, -0.05) is 26.0 Å². The summed E-state index contributed by atoms with van der Waals surface area (Å²) in [6.45, 7) is 5.73. The van der Waals surface area contributed by atoms with Crippen LogP contribution in [-0.4, -0.2) is 44.7 Å². The number of benzene rings is 1. The molecule has 1 aliphatic heterocycles. The number of hydrogen-bond donors (Lipinski definition) is 0. The van der Waals surface area contributed by atoms with Gasteiger partial charge in [0.05, 0.1) is 16.4 Å². The summed E-state index contributed by atoms with van der Waals surface area (Å²) >= 11 is 0. The van der Waals surface area contributed by atoms with Crippen LogP contribution >= 0.6 is 0 Å². The molecule has 1 atom stereocenters. The Labute approximate surface area is 133 Å². The van der Waals surface area contributed by atoms with Crippen LogP contribution in [0.25, 0.3) is 0 Å². The van der Waals surface area contributed by atoms with Crippen molar-refractivity contribution in [2.45, 2.75) is 44.0 Å². The molecule has 1 fully saturated rings. The zero-order valence-corrected chi connectivity index (χ0v) is 14.9. The first kappa shape index (κ1) is 17.4. The Hall–Kier alpha value is -0.920. The zero-order valence-electron chi connectivity index (χ0n) is 13.2. The molecule has 1 aromatic carbocycles. The molecule has 0 bridgehead atoms. The molecule has 124 valence electrons. The average Bonchev–Trinajstić information content (AvgIpc) is 2.73. The molecule has 0 radical (unpaired) electrons. The molecule has 0 N–H and O–H groups in total. The highest BCUT2D eigenvalue weighted by atomic mass is 32.2. The number of nitrogens with zero attached hydrogens (tertiary/aromatic N) is 1. The molecule has 1 aromatic rings. The normalized spacial score (nSPS) is 24.7. The van der Waals surface area contributed by atoms with Crippen molar-refractivity contribution in [3.05, 3.63) is 29.8 Å². The summed E-state index contributed by atoms with van der Waals surface area (Å²) in [5, 5.41) is 0. The minimum Gasteiger partial charge on any atom is -0.229 e. The maximum atomic E-state index is 12.9. The van der Waals surface area contributed by atoms with Gasteiger partial charge in [-0.05, 0) is 37.5 Å². The summed E-state index contributed by atoms with van der Waals surface area (Å²) in [4.78, 5) is 0.220. The van der Waals surface area contributed by atoms with Crippen LogP contribution in [0.4, 0.5) is 0 Å². The predicted molar refractivity (Wildman–Crippen MR) is 87.1 cm³/mol. The van der Waals surface area contributed by atoms with Crippen LogP contribution in [0.15, 0.2) is 29.2 Å². The van der Waals surface area contributed by atoms with Crippen LogP contribution in [0.1, 0.15) is 32.8 Å². The van der Waals surface area contributed by atoms with E-state index in [1.807, 2.05) is 6.92 Å². The molecule has 2 rings (SSSR count). The van der Waals surface area contributed by atoms with Gasteiger partial charge in [0.15, 0.2) is 9.84 Å². The monoisotopic (exact) mass is 345 g/mol. The first-order chi connectivity index (χ1) is 10.1. The Morgan fingerprint density at radius 2 is 1.77 bits per heavy atom. The number of sulfonamides is 1. The second-order valence-electron chi connectivity index (χ2n) is 6.01. The van der Waals surface area contributed by atoms with Gasteiger partial charge in [-0.15, -0.1) is 0 Å². The highest BCUT2D eigenvalue weighted by Gasteiger charge is 2.47. The molecule has 7 heteroatoms. The van der Waals surface area contributed by atoms with Gasteiger partial charge < -0.3 is 0 Å². The van der Waals surface area contributed by atoms with Crippen LogP contribution in [0.5, 0.6) is 0 Å². The van der Waals surface area contributed by atoms with E-state index in [2.05, 4.69) is 0 Å². The summed E-state index contributed by atoms with van der Waals surface area (Å²) in [6, 6.07) is 6.80. The Morgan fingerprint density at radius 1 is 1.18 bits per heavy atom. The molecule has 0 unspecified atom stereocenters. The van der Waals surface area contributed by atoms with E-state index in [-0.39, 0.29) is 22.9 Å². The Kier molecular flexibility index (Phi) is 4.71. The van der Waals surface area contributed by atoms with Crippen molar-refractivity contribution in [3.8, 4) is 0 Å². The van der Waals surface area contributed by atoms with E-state index in [9.17, 15) is 16.8 Å². The summed E-state index contributed by atoms with van der Waals surface area (Å²) in [5.41, 5.74) is 0.201. The predicted octanol–water partition coefficient (Wildman–Crippen LogP) is 1.84. The molecule has 0 amide bonds. The third kappa shape index (κ3) is 3.21. The fourth-order valence-electron chi connectivity index (χ4n) is 3.06. The molecule has 0 aromatic heterocycles. The van der Waals surface area contributed by atoms with Crippen LogP contribution in [0.3, 0.4) is 0 Å². The van der Waals surface area contributed by atoms with Crippen molar-refractivity contribution in [1.82, 2.24) is 4.31 Å². The summed E-state index contributed by atoms with van der Waals surface area (Å²) in [7, 11) is -6.87. The SMILES string of the molecule is CCc1ccc(S(=O)(=O)N(CC)[C@@]2(C)CCS(=O)(=O)C2)cc1.